The molecule has 0 aromatic rings. The van der Waals surface area contributed by atoms with Gasteiger partial charge in [-0.2, -0.15) is 0 Å². The van der Waals surface area contributed by atoms with E-state index in [1.807, 2.05) is 6.92 Å². The van der Waals surface area contributed by atoms with Crippen LogP contribution in [0, 0.1) is 11.8 Å². The van der Waals surface area contributed by atoms with Gasteiger partial charge in [0.05, 0.1) is 42.9 Å². The van der Waals surface area contributed by atoms with E-state index in [-0.39, 0.29) is 42.1 Å². The molecule has 4 fully saturated rings. The van der Waals surface area contributed by atoms with Crippen LogP contribution < -0.4 is 0 Å². The Kier molecular flexibility index (Phi) is 4.52. The number of hydrogen-bond donors (Lipinski definition) is 0. The Hall–Kier alpha value is -1.14. The Morgan fingerprint density at radius 3 is 2.08 bits per heavy atom. The summed E-state index contributed by atoms with van der Waals surface area (Å²) in [7, 11) is 0. The molecule has 6 heteroatoms. The van der Waals surface area contributed by atoms with Crippen molar-refractivity contribution in [2.45, 2.75) is 82.4 Å². The van der Waals surface area contributed by atoms with Gasteiger partial charge in [-0.1, -0.05) is 0 Å². The van der Waals surface area contributed by atoms with Gasteiger partial charge < -0.3 is 18.9 Å². The van der Waals surface area contributed by atoms with Crippen molar-refractivity contribution in [3.05, 3.63) is 0 Å². The molecular formula is C18H26O6. The van der Waals surface area contributed by atoms with Crippen LogP contribution in [0.15, 0.2) is 0 Å². The van der Waals surface area contributed by atoms with E-state index < -0.39 is 0 Å². The van der Waals surface area contributed by atoms with Crippen LogP contribution in [-0.4, -0.2) is 49.1 Å². The molecule has 4 aliphatic rings. The zero-order valence-corrected chi connectivity index (χ0v) is 14.1. The van der Waals surface area contributed by atoms with Gasteiger partial charge in [0.2, 0.25) is 0 Å². The molecule has 2 heterocycles. The number of rotatable bonds is 6. The van der Waals surface area contributed by atoms with Crippen LogP contribution in [0.4, 0.5) is 0 Å². The SMILES string of the molecule is CC(CCOC(=O)C1CCC2OC2C1)OC(=O)C1CCC2OC2C1. The third-order valence-electron chi connectivity index (χ3n) is 5.76. The second-order valence-electron chi connectivity index (χ2n) is 7.65. The van der Waals surface area contributed by atoms with Gasteiger partial charge in [-0.25, -0.2) is 0 Å². The van der Waals surface area contributed by atoms with Crippen LogP contribution in [-0.2, 0) is 28.5 Å². The minimum absolute atomic E-state index is 0.0275. The van der Waals surface area contributed by atoms with Gasteiger partial charge >= 0.3 is 11.9 Å². The van der Waals surface area contributed by atoms with Crippen molar-refractivity contribution in [1.29, 1.82) is 0 Å². The highest BCUT2D eigenvalue weighted by Gasteiger charge is 2.47. The summed E-state index contributed by atoms with van der Waals surface area (Å²) in [5.41, 5.74) is 0. The second-order valence-corrected chi connectivity index (χ2v) is 7.65. The highest BCUT2D eigenvalue weighted by atomic mass is 16.6. The molecule has 0 aromatic heterocycles. The number of carbonyl (C=O) groups excluding carboxylic acids is 2. The first kappa shape index (κ1) is 16.3. The second kappa shape index (κ2) is 6.64. The third kappa shape index (κ3) is 3.75. The number of hydrogen-bond acceptors (Lipinski definition) is 6. The van der Waals surface area contributed by atoms with Crippen molar-refractivity contribution in [2.75, 3.05) is 6.61 Å². The summed E-state index contributed by atoms with van der Waals surface area (Å²) in [6, 6.07) is 0. The lowest BCUT2D eigenvalue weighted by molar-refractivity contribution is -0.156. The van der Waals surface area contributed by atoms with Crippen molar-refractivity contribution in [3.8, 4) is 0 Å². The summed E-state index contributed by atoms with van der Waals surface area (Å²) in [5.74, 6) is -0.327. The van der Waals surface area contributed by atoms with Crippen molar-refractivity contribution in [2.24, 2.45) is 11.8 Å². The smallest absolute Gasteiger partial charge is 0.309 e. The fourth-order valence-electron chi connectivity index (χ4n) is 4.03. The average Bonchev–Trinajstić information content (AvgIpc) is 3.46. The quantitative estimate of drug-likeness (QED) is 0.544. The first-order chi connectivity index (χ1) is 11.6. The summed E-state index contributed by atoms with van der Waals surface area (Å²) in [5, 5.41) is 0. The van der Waals surface area contributed by atoms with E-state index in [0.29, 0.717) is 25.2 Å². The van der Waals surface area contributed by atoms with Crippen LogP contribution in [0.1, 0.15) is 51.9 Å². The van der Waals surface area contributed by atoms with Gasteiger partial charge in [0.25, 0.3) is 0 Å². The molecule has 2 aliphatic carbocycles. The van der Waals surface area contributed by atoms with Crippen LogP contribution in [0.25, 0.3) is 0 Å². The fraction of sp³-hybridized carbons (Fsp3) is 0.889. The maximum absolute atomic E-state index is 12.2. The summed E-state index contributed by atoms with van der Waals surface area (Å²) >= 11 is 0. The number of epoxide rings is 2. The van der Waals surface area contributed by atoms with E-state index in [1.165, 1.54) is 0 Å². The molecule has 134 valence electrons. The lowest BCUT2D eigenvalue weighted by Gasteiger charge is -2.21. The van der Waals surface area contributed by atoms with E-state index >= 15 is 0 Å². The van der Waals surface area contributed by atoms with Crippen molar-refractivity contribution in [1.82, 2.24) is 0 Å². The van der Waals surface area contributed by atoms with Gasteiger partial charge in [0.1, 0.15) is 6.10 Å². The Bertz CT molecular complexity index is 506. The maximum atomic E-state index is 12.2. The number of esters is 2. The Labute approximate surface area is 142 Å². The topological polar surface area (TPSA) is 77.7 Å². The molecule has 0 spiro atoms. The molecule has 2 saturated heterocycles. The number of fused-ring (bicyclic) bond motifs is 2. The van der Waals surface area contributed by atoms with Gasteiger partial charge in [-0.05, 0) is 45.4 Å². The molecule has 4 rings (SSSR count). The molecule has 7 unspecified atom stereocenters. The molecular weight excluding hydrogens is 312 g/mol. The molecule has 0 radical (unpaired) electrons. The Morgan fingerprint density at radius 1 is 0.917 bits per heavy atom. The van der Waals surface area contributed by atoms with Crippen molar-refractivity contribution >= 4 is 11.9 Å². The summed E-state index contributed by atoms with van der Waals surface area (Å²) in [6.07, 6.45) is 6.87. The molecule has 0 amide bonds. The van der Waals surface area contributed by atoms with Gasteiger partial charge in [-0.15, -0.1) is 0 Å². The molecule has 7 atom stereocenters. The molecule has 0 aromatic carbocycles. The summed E-state index contributed by atoms with van der Waals surface area (Å²) in [6.45, 7) is 2.16. The van der Waals surface area contributed by atoms with Gasteiger partial charge in [0.15, 0.2) is 0 Å². The molecule has 24 heavy (non-hydrogen) atoms. The van der Waals surface area contributed by atoms with E-state index in [9.17, 15) is 9.59 Å². The number of ether oxygens (including phenoxy) is 4. The highest BCUT2D eigenvalue weighted by molar-refractivity contribution is 5.73. The first-order valence-corrected chi connectivity index (χ1v) is 9.28. The van der Waals surface area contributed by atoms with Crippen LogP contribution in [0.5, 0.6) is 0 Å². The third-order valence-corrected chi connectivity index (χ3v) is 5.76. The molecule has 0 N–H and O–H groups in total. The predicted molar refractivity (Wildman–Crippen MR) is 83.1 cm³/mol. The lowest BCUT2D eigenvalue weighted by Crippen LogP contribution is -2.28. The zero-order valence-electron chi connectivity index (χ0n) is 14.1. The van der Waals surface area contributed by atoms with Gasteiger partial charge in [-0.3, -0.25) is 9.59 Å². The normalized spacial score (nSPS) is 40.7. The molecule has 2 aliphatic heterocycles. The largest absolute Gasteiger partial charge is 0.465 e. The van der Waals surface area contributed by atoms with E-state index in [1.54, 1.807) is 0 Å². The first-order valence-electron chi connectivity index (χ1n) is 9.28. The molecule has 0 bridgehead atoms. The molecule has 6 nitrogen and oxygen atoms in total. The zero-order chi connectivity index (χ0) is 16.7. The van der Waals surface area contributed by atoms with Crippen molar-refractivity contribution < 1.29 is 28.5 Å². The summed E-state index contributed by atoms with van der Waals surface area (Å²) < 4.78 is 21.8. The Morgan fingerprint density at radius 2 is 1.50 bits per heavy atom. The van der Waals surface area contributed by atoms with Crippen LogP contribution >= 0.6 is 0 Å². The van der Waals surface area contributed by atoms with E-state index in [0.717, 1.165) is 38.5 Å². The highest BCUT2D eigenvalue weighted by Crippen LogP contribution is 2.40. The average molecular weight is 338 g/mol. The maximum Gasteiger partial charge on any atom is 0.309 e. The predicted octanol–water partition coefficient (Wildman–Crippen LogP) is 1.99. The minimum atomic E-state index is -0.231. The van der Waals surface area contributed by atoms with Crippen LogP contribution in [0.3, 0.4) is 0 Å². The fourth-order valence-corrected chi connectivity index (χ4v) is 4.03. The lowest BCUT2D eigenvalue weighted by atomic mass is 9.89. The minimum Gasteiger partial charge on any atom is -0.465 e. The standard InChI is InChI=1S/C18H26O6/c1-10(22-18(20)12-3-5-14-16(9-12)24-14)6-7-21-17(19)11-2-4-13-15(8-11)23-13/h10-16H,2-9H2,1H3. The molecule has 2 saturated carbocycles. The number of carbonyl (C=O) groups is 2. The van der Waals surface area contributed by atoms with Crippen molar-refractivity contribution in [3.63, 3.8) is 0 Å². The van der Waals surface area contributed by atoms with E-state index in [2.05, 4.69) is 0 Å². The summed E-state index contributed by atoms with van der Waals surface area (Å²) in [4.78, 5) is 24.2. The Balaban J connectivity index is 1.12. The van der Waals surface area contributed by atoms with E-state index in [4.69, 9.17) is 18.9 Å². The van der Waals surface area contributed by atoms with Gasteiger partial charge in [0, 0.05) is 6.42 Å². The van der Waals surface area contributed by atoms with Crippen LogP contribution in [0.2, 0.25) is 0 Å². The monoisotopic (exact) mass is 338 g/mol.